The number of rotatable bonds is 9. The predicted octanol–water partition coefficient (Wildman–Crippen LogP) is 13.0. The largest absolute Gasteiger partial charge is 0.507 e. The quantitative estimate of drug-likeness (QED) is 0.151. The molecular weight excluding hydrogens is 777 g/mol. The lowest BCUT2D eigenvalue weighted by Gasteiger charge is -2.40. The Bertz CT molecular complexity index is 2610. The number of phenolic OH excluding ortho intramolecular Hbond substituents is 2. The predicted molar refractivity (Wildman–Crippen MR) is 252 cm³/mol. The minimum atomic E-state index is 0.155. The van der Waals surface area contributed by atoms with Gasteiger partial charge < -0.3 is 20.0 Å². The van der Waals surface area contributed by atoms with E-state index in [1.54, 1.807) is 34.8 Å². The second kappa shape index (κ2) is 15.7. The molecule has 2 saturated heterocycles. The third-order valence-corrected chi connectivity index (χ3v) is 15.3. The number of nitrogens with zero attached hydrogens (tertiary/aromatic N) is 4. The van der Waals surface area contributed by atoms with Crippen molar-refractivity contribution in [3.05, 3.63) is 145 Å². The smallest absolute Gasteiger partial charge is 0.153 e. The van der Waals surface area contributed by atoms with Crippen molar-refractivity contribution in [3.63, 3.8) is 0 Å². The number of phenols is 2. The maximum Gasteiger partial charge on any atom is 0.153 e. The highest BCUT2D eigenvalue weighted by molar-refractivity contribution is 7.27. The van der Waals surface area contributed by atoms with Crippen LogP contribution in [0.25, 0.3) is 52.7 Å². The van der Waals surface area contributed by atoms with Gasteiger partial charge >= 0.3 is 0 Å². The van der Waals surface area contributed by atoms with Crippen LogP contribution >= 0.6 is 22.7 Å². The summed E-state index contributed by atoms with van der Waals surface area (Å²) in [5.41, 5.74) is 10.7. The van der Waals surface area contributed by atoms with Crippen molar-refractivity contribution in [2.45, 2.75) is 52.4 Å². The number of aromatic hydroxyl groups is 2. The van der Waals surface area contributed by atoms with E-state index in [0.29, 0.717) is 0 Å². The van der Waals surface area contributed by atoms with Crippen molar-refractivity contribution < 1.29 is 10.2 Å². The van der Waals surface area contributed by atoms with Gasteiger partial charge in [-0.25, -0.2) is 9.97 Å². The Balaban J connectivity index is 0.999. The van der Waals surface area contributed by atoms with Crippen molar-refractivity contribution in [3.8, 4) is 43.8 Å². The molecule has 0 unspecified atom stereocenters. The van der Waals surface area contributed by atoms with Crippen molar-refractivity contribution in [1.82, 2.24) is 9.97 Å². The van der Waals surface area contributed by atoms with E-state index in [1.807, 2.05) is 36.4 Å². The fourth-order valence-electron chi connectivity index (χ4n) is 9.60. The normalized spacial score (nSPS) is 16.4. The van der Waals surface area contributed by atoms with Crippen LogP contribution in [0, 0.1) is 10.8 Å². The van der Waals surface area contributed by atoms with Gasteiger partial charge in [-0.15, -0.1) is 22.7 Å². The van der Waals surface area contributed by atoms with Gasteiger partial charge in [-0.05, 0) is 121 Å². The number of fused-ring (bicyclic) bond motifs is 2. The SMILES string of the molecule is CC1(Cc2cc(-c3ccccc3O)c3nc(-c4nc5c(-c6ccccc6O)cc(CC6(C)CCN(c7ccccc7)CC6)cc5s4)sc3c2)CCN(c2ccccc2)CC1. The molecule has 2 N–H and O–H groups in total. The van der Waals surface area contributed by atoms with E-state index in [0.717, 1.165) is 117 Å². The zero-order chi connectivity index (χ0) is 40.8. The lowest BCUT2D eigenvalue weighted by molar-refractivity contribution is 0.246. The van der Waals surface area contributed by atoms with Gasteiger partial charge in [0.2, 0.25) is 0 Å². The number of thiazole rings is 2. The second-order valence-electron chi connectivity index (χ2n) is 17.7. The molecule has 4 heterocycles. The summed E-state index contributed by atoms with van der Waals surface area (Å²) in [7, 11) is 0. The van der Waals surface area contributed by atoms with Gasteiger partial charge in [0.15, 0.2) is 10.0 Å². The average molecular weight is 827 g/mol. The molecule has 2 aromatic heterocycles. The first-order valence-corrected chi connectivity index (χ1v) is 22.9. The first-order chi connectivity index (χ1) is 29.2. The molecule has 0 amide bonds. The summed E-state index contributed by atoms with van der Waals surface area (Å²) in [5, 5.41) is 24.1. The summed E-state index contributed by atoms with van der Waals surface area (Å²) in [4.78, 5) is 15.7. The van der Waals surface area contributed by atoms with Crippen molar-refractivity contribution in [1.29, 1.82) is 0 Å². The lowest BCUT2D eigenvalue weighted by atomic mass is 9.75. The Morgan fingerprint density at radius 2 is 0.850 bits per heavy atom. The average Bonchev–Trinajstić information content (AvgIpc) is 3.90. The van der Waals surface area contributed by atoms with Crippen LogP contribution in [0.1, 0.15) is 50.7 Å². The molecular formula is C52H50N4O2S2. The van der Waals surface area contributed by atoms with Crippen LogP contribution in [-0.2, 0) is 12.8 Å². The Hall–Kier alpha value is -5.70. The molecule has 60 heavy (non-hydrogen) atoms. The molecule has 0 atom stereocenters. The maximum atomic E-state index is 11.2. The van der Waals surface area contributed by atoms with Gasteiger partial charge in [0.05, 0.1) is 20.4 Å². The number of benzene rings is 6. The molecule has 2 aliphatic rings. The van der Waals surface area contributed by atoms with E-state index in [2.05, 4.69) is 109 Å². The molecule has 0 spiro atoms. The van der Waals surface area contributed by atoms with Gasteiger partial charge in [0.25, 0.3) is 0 Å². The summed E-state index contributed by atoms with van der Waals surface area (Å²) in [6, 6.07) is 45.9. The zero-order valence-corrected chi connectivity index (χ0v) is 35.9. The summed E-state index contributed by atoms with van der Waals surface area (Å²) in [6.07, 6.45) is 6.35. The molecule has 0 radical (unpaired) electrons. The molecule has 2 aliphatic heterocycles. The molecule has 8 aromatic rings. The summed E-state index contributed by atoms with van der Waals surface area (Å²) in [6.45, 7) is 9.01. The van der Waals surface area contributed by atoms with E-state index in [-0.39, 0.29) is 22.3 Å². The first kappa shape index (κ1) is 38.5. The minimum Gasteiger partial charge on any atom is -0.507 e. The second-order valence-corrected chi connectivity index (χ2v) is 19.7. The molecule has 6 aromatic carbocycles. The van der Waals surface area contributed by atoms with E-state index in [1.165, 1.54) is 22.5 Å². The number of anilines is 2. The third kappa shape index (κ3) is 7.63. The molecule has 6 nitrogen and oxygen atoms in total. The van der Waals surface area contributed by atoms with Crippen LogP contribution in [0.15, 0.2) is 133 Å². The number of hydrogen-bond donors (Lipinski definition) is 2. The molecule has 10 rings (SSSR count). The molecule has 302 valence electrons. The van der Waals surface area contributed by atoms with Crippen LogP contribution in [-0.4, -0.2) is 46.4 Å². The fraction of sp³-hybridized carbons (Fsp3) is 0.269. The highest BCUT2D eigenvalue weighted by Gasteiger charge is 2.33. The summed E-state index contributed by atoms with van der Waals surface area (Å²) < 4.78 is 2.20. The minimum absolute atomic E-state index is 0.155. The Morgan fingerprint density at radius 3 is 1.23 bits per heavy atom. The fourth-order valence-corrected chi connectivity index (χ4v) is 11.7. The zero-order valence-electron chi connectivity index (χ0n) is 34.3. The lowest BCUT2D eigenvalue weighted by Crippen LogP contribution is -2.39. The third-order valence-electron chi connectivity index (χ3n) is 13.1. The molecule has 0 aliphatic carbocycles. The number of aromatic nitrogens is 2. The topological polar surface area (TPSA) is 72.7 Å². The van der Waals surface area contributed by atoms with Gasteiger partial charge in [0, 0.05) is 59.8 Å². The summed E-state index contributed by atoms with van der Waals surface area (Å²) >= 11 is 3.36. The van der Waals surface area contributed by atoms with Gasteiger partial charge in [-0.2, -0.15) is 0 Å². The maximum absolute atomic E-state index is 11.2. The van der Waals surface area contributed by atoms with Crippen molar-refractivity contribution in [2.24, 2.45) is 10.8 Å². The van der Waals surface area contributed by atoms with Gasteiger partial charge in [0.1, 0.15) is 11.5 Å². The van der Waals surface area contributed by atoms with Crippen LogP contribution < -0.4 is 9.80 Å². The van der Waals surface area contributed by atoms with Crippen LogP contribution in [0.4, 0.5) is 11.4 Å². The van der Waals surface area contributed by atoms with E-state index >= 15 is 0 Å². The Kier molecular flexibility index (Phi) is 10.1. The van der Waals surface area contributed by atoms with E-state index < -0.39 is 0 Å². The highest BCUT2D eigenvalue weighted by atomic mass is 32.1. The summed E-state index contributed by atoms with van der Waals surface area (Å²) in [5.74, 6) is 0.513. The van der Waals surface area contributed by atoms with E-state index in [9.17, 15) is 10.2 Å². The van der Waals surface area contributed by atoms with E-state index in [4.69, 9.17) is 9.97 Å². The van der Waals surface area contributed by atoms with Crippen molar-refractivity contribution >= 4 is 54.5 Å². The number of hydrogen-bond acceptors (Lipinski definition) is 8. The number of piperidine rings is 2. The Labute approximate surface area is 360 Å². The molecule has 0 bridgehead atoms. The van der Waals surface area contributed by atoms with Crippen molar-refractivity contribution in [2.75, 3.05) is 36.0 Å². The highest BCUT2D eigenvalue weighted by Crippen LogP contribution is 2.46. The Morgan fingerprint density at radius 1 is 0.483 bits per heavy atom. The number of para-hydroxylation sites is 4. The van der Waals surface area contributed by atoms with Gasteiger partial charge in [-0.3, -0.25) is 0 Å². The first-order valence-electron chi connectivity index (χ1n) is 21.2. The van der Waals surface area contributed by atoms with Crippen LogP contribution in [0.5, 0.6) is 11.5 Å². The molecule has 2 fully saturated rings. The van der Waals surface area contributed by atoms with Gasteiger partial charge in [-0.1, -0.05) is 86.6 Å². The standard InChI is InChI=1S/C52H50N4O2S2/c1-51(21-25-55(26-22-51)37-13-5-3-6-14-37)33-35-29-41(39-17-9-11-19-43(39)57)47-45(31-35)59-49(53-47)50-54-48-42(40-18-10-12-20-44(40)58)30-36(32-46(48)60-50)34-52(2)23-27-56(28-24-52)38-15-7-4-8-16-38/h3-20,29-32,57-58H,21-28,33-34H2,1-2H3. The molecule has 8 heteroatoms. The van der Waals surface area contributed by atoms with Crippen LogP contribution in [0.3, 0.4) is 0 Å². The molecule has 0 saturated carbocycles. The monoisotopic (exact) mass is 826 g/mol. The van der Waals surface area contributed by atoms with Crippen LogP contribution in [0.2, 0.25) is 0 Å².